The average molecular weight is 283 g/mol. The maximum Gasteiger partial charge on any atom is 0.305 e. The maximum atomic E-state index is 11.7. The van der Waals surface area contributed by atoms with Crippen LogP contribution in [0.25, 0.3) is 0 Å². The van der Waals surface area contributed by atoms with E-state index in [1.54, 1.807) is 12.1 Å². The molecule has 5 nitrogen and oxygen atoms in total. The Morgan fingerprint density at radius 2 is 2.11 bits per heavy atom. The van der Waals surface area contributed by atoms with Crippen molar-refractivity contribution >= 4 is 23.5 Å². The zero-order valence-electron chi connectivity index (χ0n) is 10.3. The van der Waals surface area contributed by atoms with E-state index in [4.69, 9.17) is 16.7 Å². The molecule has 102 valence electrons. The second kappa shape index (κ2) is 6.04. The number of amides is 1. The first-order chi connectivity index (χ1) is 9.06. The van der Waals surface area contributed by atoms with Gasteiger partial charge < -0.3 is 10.4 Å². The first kappa shape index (κ1) is 13.8. The van der Waals surface area contributed by atoms with Crippen LogP contribution in [0.15, 0.2) is 24.3 Å². The molecular weight excluding hydrogens is 268 g/mol. The Morgan fingerprint density at radius 3 is 2.74 bits per heavy atom. The highest BCUT2D eigenvalue weighted by molar-refractivity contribution is 6.30. The highest BCUT2D eigenvalue weighted by Gasteiger charge is 2.31. The zero-order chi connectivity index (χ0) is 13.8. The van der Waals surface area contributed by atoms with Crippen LogP contribution in [0.4, 0.5) is 0 Å². The number of hydrogen-bond donors (Lipinski definition) is 2. The van der Waals surface area contributed by atoms with Crippen LogP contribution < -0.4 is 5.32 Å². The standard InChI is InChI=1S/C13H15ClN2O3/c14-10-3-1-9(2-4-10)8-16-6-5-15-13(19)11(16)7-12(17)18/h1-4,11H,5-8H2,(H,15,19)(H,17,18)/t11-/m1/s1. The van der Waals surface area contributed by atoms with Gasteiger partial charge in [0, 0.05) is 24.7 Å². The van der Waals surface area contributed by atoms with Crippen LogP contribution in [0.3, 0.4) is 0 Å². The van der Waals surface area contributed by atoms with Gasteiger partial charge >= 0.3 is 5.97 Å². The number of carbonyl (C=O) groups is 2. The number of halogens is 1. The fraction of sp³-hybridized carbons (Fsp3) is 0.385. The van der Waals surface area contributed by atoms with Crippen molar-refractivity contribution in [1.29, 1.82) is 0 Å². The number of benzene rings is 1. The van der Waals surface area contributed by atoms with Crippen molar-refractivity contribution in [3.63, 3.8) is 0 Å². The topological polar surface area (TPSA) is 69.6 Å². The van der Waals surface area contributed by atoms with Crippen molar-refractivity contribution in [2.75, 3.05) is 13.1 Å². The highest BCUT2D eigenvalue weighted by Crippen LogP contribution is 2.16. The van der Waals surface area contributed by atoms with Crippen molar-refractivity contribution in [2.45, 2.75) is 19.0 Å². The number of carbonyl (C=O) groups excluding carboxylic acids is 1. The van der Waals surface area contributed by atoms with Gasteiger partial charge in [-0.2, -0.15) is 0 Å². The summed E-state index contributed by atoms with van der Waals surface area (Å²) in [6, 6.07) is 6.72. The van der Waals surface area contributed by atoms with Gasteiger partial charge in [0.25, 0.3) is 0 Å². The van der Waals surface area contributed by atoms with Crippen molar-refractivity contribution in [1.82, 2.24) is 10.2 Å². The number of aliphatic carboxylic acids is 1. The molecule has 1 aliphatic heterocycles. The second-order valence-corrected chi connectivity index (χ2v) is 4.94. The number of nitrogens with one attached hydrogen (secondary N) is 1. The Hall–Kier alpha value is -1.59. The number of nitrogens with zero attached hydrogens (tertiary/aromatic N) is 1. The van der Waals surface area contributed by atoms with Crippen molar-refractivity contribution in [3.05, 3.63) is 34.9 Å². The molecule has 1 aromatic rings. The molecule has 1 atom stereocenters. The van der Waals surface area contributed by atoms with E-state index in [-0.39, 0.29) is 12.3 Å². The SMILES string of the molecule is O=C(O)C[C@@H]1C(=O)NCCN1Cc1ccc(Cl)cc1. The van der Waals surface area contributed by atoms with E-state index in [0.717, 1.165) is 5.56 Å². The lowest BCUT2D eigenvalue weighted by molar-refractivity contribution is -0.143. The number of hydrogen-bond acceptors (Lipinski definition) is 3. The summed E-state index contributed by atoms with van der Waals surface area (Å²) in [5, 5.41) is 12.2. The van der Waals surface area contributed by atoms with Crippen molar-refractivity contribution in [3.8, 4) is 0 Å². The number of rotatable bonds is 4. The lowest BCUT2D eigenvalue weighted by Gasteiger charge is -2.34. The molecule has 19 heavy (non-hydrogen) atoms. The smallest absolute Gasteiger partial charge is 0.305 e. The first-order valence-corrected chi connectivity index (χ1v) is 6.42. The van der Waals surface area contributed by atoms with Gasteiger partial charge in [-0.3, -0.25) is 14.5 Å². The zero-order valence-corrected chi connectivity index (χ0v) is 11.1. The van der Waals surface area contributed by atoms with Gasteiger partial charge in [0.2, 0.25) is 5.91 Å². The number of piperazine rings is 1. The summed E-state index contributed by atoms with van der Waals surface area (Å²) in [5.74, 6) is -1.19. The predicted molar refractivity (Wildman–Crippen MR) is 70.9 cm³/mol. The van der Waals surface area contributed by atoms with Gasteiger partial charge in [0.05, 0.1) is 6.42 Å². The molecule has 1 heterocycles. The molecule has 1 saturated heterocycles. The number of carboxylic acid groups (broad SMARTS) is 1. The Kier molecular flexibility index (Phi) is 4.39. The lowest BCUT2D eigenvalue weighted by Crippen LogP contribution is -2.55. The summed E-state index contributed by atoms with van der Waals surface area (Å²) in [4.78, 5) is 24.5. The normalized spacial score (nSPS) is 20.1. The Labute approximate surface area is 116 Å². The van der Waals surface area contributed by atoms with Gasteiger partial charge in [-0.15, -0.1) is 0 Å². The molecule has 2 N–H and O–H groups in total. The minimum absolute atomic E-state index is 0.181. The van der Waals surface area contributed by atoms with Gasteiger partial charge in [0.1, 0.15) is 6.04 Å². The van der Waals surface area contributed by atoms with E-state index in [0.29, 0.717) is 24.7 Å². The van der Waals surface area contributed by atoms with Crippen LogP contribution >= 0.6 is 11.6 Å². The van der Waals surface area contributed by atoms with Gasteiger partial charge in [0.15, 0.2) is 0 Å². The molecular formula is C13H15ClN2O3. The van der Waals surface area contributed by atoms with Crippen LogP contribution in [-0.2, 0) is 16.1 Å². The summed E-state index contributed by atoms with van der Waals surface area (Å²) in [7, 11) is 0. The van der Waals surface area contributed by atoms with Crippen LogP contribution in [0.1, 0.15) is 12.0 Å². The second-order valence-electron chi connectivity index (χ2n) is 4.50. The molecule has 1 amide bonds. The molecule has 0 aliphatic carbocycles. The molecule has 2 rings (SSSR count). The minimum Gasteiger partial charge on any atom is -0.481 e. The molecule has 1 aliphatic rings. The molecule has 1 fully saturated rings. The third-order valence-corrected chi connectivity index (χ3v) is 3.36. The van der Waals surface area contributed by atoms with E-state index >= 15 is 0 Å². The molecule has 0 spiro atoms. The molecule has 1 aromatic carbocycles. The predicted octanol–water partition coefficient (Wildman–Crippen LogP) is 1.12. The molecule has 0 aromatic heterocycles. The highest BCUT2D eigenvalue weighted by atomic mass is 35.5. The Morgan fingerprint density at radius 1 is 1.42 bits per heavy atom. The molecule has 0 saturated carbocycles. The van der Waals surface area contributed by atoms with Gasteiger partial charge in [-0.25, -0.2) is 0 Å². The van der Waals surface area contributed by atoms with Crippen LogP contribution in [0, 0.1) is 0 Å². The largest absolute Gasteiger partial charge is 0.481 e. The fourth-order valence-electron chi connectivity index (χ4n) is 2.16. The fourth-order valence-corrected chi connectivity index (χ4v) is 2.29. The van der Waals surface area contributed by atoms with Crippen LogP contribution in [0.2, 0.25) is 5.02 Å². The molecule has 6 heteroatoms. The van der Waals surface area contributed by atoms with Gasteiger partial charge in [-0.05, 0) is 17.7 Å². The van der Waals surface area contributed by atoms with Crippen LogP contribution in [0.5, 0.6) is 0 Å². The van der Waals surface area contributed by atoms with Crippen molar-refractivity contribution in [2.24, 2.45) is 0 Å². The average Bonchev–Trinajstić information content (AvgIpc) is 2.36. The quantitative estimate of drug-likeness (QED) is 0.868. The third-order valence-electron chi connectivity index (χ3n) is 3.11. The summed E-state index contributed by atoms with van der Waals surface area (Å²) in [6.07, 6.45) is -0.181. The Balaban J connectivity index is 2.09. The Bertz CT molecular complexity index is 475. The molecule has 0 radical (unpaired) electrons. The van der Waals surface area contributed by atoms with Crippen LogP contribution in [-0.4, -0.2) is 41.0 Å². The third kappa shape index (κ3) is 3.68. The van der Waals surface area contributed by atoms with E-state index < -0.39 is 12.0 Å². The van der Waals surface area contributed by atoms with Crippen molar-refractivity contribution < 1.29 is 14.7 Å². The summed E-state index contributed by atoms with van der Waals surface area (Å²) >= 11 is 5.82. The summed E-state index contributed by atoms with van der Waals surface area (Å²) in [6.45, 7) is 1.73. The van der Waals surface area contributed by atoms with Gasteiger partial charge in [-0.1, -0.05) is 23.7 Å². The van der Waals surface area contributed by atoms with E-state index in [1.165, 1.54) is 0 Å². The molecule has 0 bridgehead atoms. The molecule has 0 unspecified atom stereocenters. The summed E-state index contributed by atoms with van der Waals surface area (Å²) < 4.78 is 0. The monoisotopic (exact) mass is 282 g/mol. The number of carboxylic acids is 1. The summed E-state index contributed by atoms with van der Waals surface area (Å²) in [5.41, 5.74) is 1.01. The maximum absolute atomic E-state index is 11.7. The lowest BCUT2D eigenvalue weighted by atomic mass is 10.1. The van der Waals surface area contributed by atoms with E-state index in [2.05, 4.69) is 5.32 Å². The first-order valence-electron chi connectivity index (χ1n) is 6.04. The minimum atomic E-state index is -0.969. The van der Waals surface area contributed by atoms with E-state index in [9.17, 15) is 9.59 Å². The van der Waals surface area contributed by atoms with E-state index in [1.807, 2.05) is 17.0 Å².